The molecule has 8 heteroatoms. The summed E-state index contributed by atoms with van der Waals surface area (Å²) < 4.78 is 0. The summed E-state index contributed by atoms with van der Waals surface area (Å²) >= 11 is 7.21. The molecule has 3 aromatic rings. The first kappa shape index (κ1) is 18.9. The molecule has 2 amide bonds. The minimum Gasteiger partial charge on any atom is -0.376 e. The van der Waals surface area contributed by atoms with E-state index in [2.05, 4.69) is 21.2 Å². The van der Waals surface area contributed by atoms with Gasteiger partial charge in [-0.3, -0.25) is 20.4 Å². The van der Waals surface area contributed by atoms with Gasteiger partial charge in [-0.05, 0) is 31.2 Å². The maximum Gasteiger partial charge on any atom is 0.289 e. The van der Waals surface area contributed by atoms with Crippen molar-refractivity contribution in [2.75, 3.05) is 11.9 Å². The van der Waals surface area contributed by atoms with Crippen LogP contribution in [0.1, 0.15) is 16.1 Å². The fraction of sp³-hybridized carbons (Fsp3) is 0.105. The highest BCUT2D eigenvalue weighted by Crippen LogP contribution is 2.25. The van der Waals surface area contributed by atoms with Gasteiger partial charge < -0.3 is 5.32 Å². The van der Waals surface area contributed by atoms with Crippen LogP contribution < -0.4 is 16.2 Å². The third-order valence-corrected chi connectivity index (χ3v) is 4.79. The SMILES string of the molecule is Cc1ccc(NCC(=O)NNC(=O)c2csc(-c3ccc(Cl)cc3)n2)cc1. The van der Waals surface area contributed by atoms with Gasteiger partial charge in [-0.2, -0.15) is 0 Å². The molecule has 6 nitrogen and oxygen atoms in total. The molecule has 0 radical (unpaired) electrons. The number of anilines is 1. The van der Waals surface area contributed by atoms with E-state index in [9.17, 15) is 9.59 Å². The number of hydrazine groups is 1. The second-order valence-electron chi connectivity index (χ2n) is 5.77. The van der Waals surface area contributed by atoms with E-state index in [1.807, 2.05) is 43.3 Å². The summed E-state index contributed by atoms with van der Waals surface area (Å²) in [6.07, 6.45) is 0. The van der Waals surface area contributed by atoms with Gasteiger partial charge in [0.05, 0.1) is 6.54 Å². The molecule has 0 bridgehead atoms. The number of thiazole rings is 1. The second kappa shape index (κ2) is 8.66. The van der Waals surface area contributed by atoms with Crippen LogP contribution in [0.15, 0.2) is 53.9 Å². The highest BCUT2D eigenvalue weighted by molar-refractivity contribution is 7.13. The molecule has 0 unspecified atom stereocenters. The number of halogens is 1. The van der Waals surface area contributed by atoms with E-state index in [0.717, 1.165) is 16.8 Å². The number of hydrogen-bond acceptors (Lipinski definition) is 5. The molecule has 0 fully saturated rings. The van der Waals surface area contributed by atoms with Crippen molar-refractivity contribution in [3.8, 4) is 10.6 Å². The van der Waals surface area contributed by atoms with E-state index in [0.29, 0.717) is 10.0 Å². The van der Waals surface area contributed by atoms with E-state index in [4.69, 9.17) is 11.6 Å². The van der Waals surface area contributed by atoms with Crippen molar-refractivity contribution in [1.29, 1.82) is 0 Å². The number of amides is 2. The number of aryl methyl sites for hydroxylation is 1. The highest BCUT2D eigenvalue weighted by atomic mass is 35.5. The maximum absolute atomic E-state index is 12.1. The zero-order valence-electron chi connectivity index (χ0n) is 14.5. The molecule has 0 aliphatic rings. The standard InChI is InChI=1S/C19H17ClN4O2S/c1-12-2-8-15(9-3-12)21-10-17(25)23-24-18(26)16-11-27-19(22-16)13-4-6-14(20)7-5-13/h2-9,11,21H,10H2,1H3,(H,23,25)(H,24,26). The number of hydrogen-bond donors (Lipinski definition) is 3. The molecular formula is C19H17ClN4O2S. The Morgan fingerprint density at radius 3 is 2.44 bits per heavy atom. The molecule has 3 N–H and O–H groups in total. The summed E-state index contributed by atoms with van der Waals surface area (Å²) in [7, 11) is 0. The Labute approximate surface area is 165 Å². The normalized spacial score (nSPS) is 10.3. The molecule has 0 saturated heterocycles. The van der Waals surface area contributed by atoms with Crippen molar-refractivity contribution in [3.63, 3.8) is 0 Å². The fourth-order valence-corrected chi connectivity index (χ4v) is 3.12. The number of carbonyl (C=O) groups is 2. The van der Waals surface area contributed by atoms with Crippen molar-refractivity contribution in [3.05, 3.63) is 70.2 Å². The van der Waals surface area contributed by atoms with E-state index in [1.54, 1.807) is 17.5 Å². The van der Waals surface area contributed by atoms with Gasteiger partial charge in [-0.1, -0.05) is 41.4 Å². The zero-order chi connectivity index (χ0) is 19.2. The summed E-state index contributed by atoms with van der Waals surface area (Å²) in [5, 5.41) is 5.95. The van der Waals surface area contributed by atoms with Crippen molar-refractivity contribution >= 4 is 40.4 Å². The lowest BCUT2D eigenvalue weighted by molar-refractivity contribution is -0.120. The minimum atomic E-state index is -0.477. The largest absolute Gasteiger partial charge is 0.376 e. The third kappa shape index (κ3) is 5.29. The van der Waals surface area contributed by atoms with E-state index in [-0.39, 0.29) is 18.1 Å². The topological polar surface area (TPSA) is 83.1 Å². The Balaban J connectivity index is 1.49. The van der Waals surface area contributed by atoms with E-state index < -0.39 is 5.91 Å². The van der Waals surface area contributed by atoms with Gasteiger partial charge in [0.15, 0.2) is 0 Å². The number of nitrogens with zero attached hydrogens (tertiary/aromatic N) is 1. The first-order valence-corrected chi connectivity index (χ1v) is 9.38. The molecular weight excluding hydrogens is 384 g/mol. The van der Waals surface area contributed by atoms with Crippen LogP contribution >= 0.6 is 22.9 Å². The van der Waals surface area contributed by atoms with Gasteiger partial charge in [-0.25, -0.2) is 4.98 Å². The molecule has 138 valence electrons. The minimum absolute atomic E-state index is 0.0381. The van der Waals surface area contributed by atoms with Gasteiger partial charge in [0.1, 0.15) is 10.7 Å². The maximum atomic E-state index is 12.1. The predicted molar refractivity (Wildman–Crippen MR) is 108 cm³/mol. The number of rotatable bonds is 5. The van der Waals surface area contributed by atoms with Gasteiger partial charge in [-0.15, -0.1) is 11.3 Å². The molecule has 27 heavy (non-hydrogen) atoms. The summed E-state index contributed by atoms with van der Waals surface area (Å²) in [5.74, 6) is -0.841. The average Bonchev–Trinajstić information content (AvgIpc) is 3.16. The molecule has 1 aromatic heterocycles. The van der Waals surface area contributed by atoms with E-state index in [1.165, 1.54) is 11.3 Å². The average molecular weight is 401 g/mol. The van der Waals surface area contributed by atoms with Crippen molar-refractivity contribution < 1.29 is 9.59 Å². The third-order valence-electron chi connectivity index (χ3n) is 3.65. The molecule has 0 spiro atoms. The van der Waals surface area contributed by atoms with Crippen LogP contribution in [0.5, 0.6) is 0 Å². The van der Waals surface area contributed by atoms with Crippen LogP contribution in [-0.4, -0.2) is 23.3 Å². The first-order valence-electron chi connectivity index (χ1n) is 8.12. The van der Waals surface area contributed by atoms with Crippen LogP contribution in [0.25, 0.3) is 10.6 Å². The molecule has 2 aromatic carbocycles. The summed E-state index contributed by atoms with van der Waals surface area (Å²) in [5.41, 5.74) is 7.80. The summed E-state index contributed by atoms with van der Waals surface area (Å²) in [6, 6.07) is 14.9. The van der Waals surface area contributed by atoms with Gasteiger partial charge in [0, 0.05) is 21.7 Å². The summed E-state index contributed by atoms with van der Waals surface area (Å²) in [6.45, 7) is 2.03. The lowest BCUT2D eigenvalue weighted by atomic mass is 10.2. The Bertz CT molecular complexity index is 939. The molecule has 0 atom stereocenters. The highest BCUT2D eigenvalue weighted by Gasteiger charge is 2.12. The lowest BCUT2D eigenvalue weighted by Gasteiger charge is -2.08. The first-order chi connectivity index (χ1) is 13.0. The Hall–Kier alpha value is -2.90. The Kier molecular flexibility index (Phi) is 6.05. The van der Waals surface area contributed by atoms with Crippen LogP contribution in [-0.2, 0) is 4.79 Å². The number of benzene rings is 2. The quantitative estimate of drug-likeness (QED) is 0.571. The second-order valence-corrected chi connectivity index (χ2v) is 7.06. The molecule has 0 aliphatic carbocycles. The Morgan fingerprint density at radius 1 is 1.04 bits per heavy atom. The summed E-state index contributed by atoms with van der Waals surface area (Å²) in [4.78, 5) is 28.3. The Morgan fingerprint density at radius 2 is 1.74 bits per heavy atom. The van der Waals surface area contributed by atoms with Crippen molar-refractivity contribution in [1.82, 2.24) is 15.8 Å². The van der Waals surface area contributed by atoms with Crippen molar-refractivity contribution in [2.45, 2.75) is 6.92 Å². The van der Waals surface area contributed by atoms with Gasteiger partial charge in [0.25, 0.3) is 11.8 Å². The van der Waals surface area contributed by atoms with Crippen LogP contribution in [0.2, 0.25) is 5.02 Å². The van der Waals surface area contributed by atoms with Crippen molar-refractivity contribution in [2.24, 2.45) is 0 Å². The molecule has 1 heterocycles. The lowest BCUT2D eigenvalue weighted by Crippen LogP contribution is -2.44. The molecule has 0 saturated carbocycles. The number of aromatic nitrogens is 1. The van der Waals surface area contributed by atoms with Crippen LogP contribution in [0.3, 0.4) is 0 Å². The molecule has 0 aliphatic heterocycles. The monoisotopic (exact) mass is 400 g/mol. The van der Waals surface area contributed by atoms with E-state index >= 15 is 0 Å². The predicted octanol–water partition coefficient (Wildman–Crippen LogP) is 3.65. The smallest absolute Gasteiger partial charge is 0.289 e. The van der Waals surface area contributed by atoms with Gasteiger partial charge >= 0.3 is 0 Å². The molecule has 3 rings (SSSR count). The fourth-order valence-electron chi connectivity index (χ4n) is 2.19. The number of carbonyl (C=O) groups excluding carboxylic acids is 2. The zero-order valence-corrected chi connectivity index (χ0v) is 16.0. The van der Waals surface area contributed by atoms with Gasteiger partial charge in [0.2, 0.25) is 0 Å². The van der Waals surface area contributed by atoms with Crippen LogP contribution in [0.4, 0.5) is 5.69 Å². The number of nitrogens with one attached hydrogen (secondary N) is 3. The van der Waals surface area contributed by atoms with Crippen LogP contribution in [0, 0.1) is 6.92 Å².